The van der Waals surface area contributed by atoms with Crippen LogP contribution in [0.4, 0.5) is 0 Å². The van der Waals surface area contributed by atoms with Crippen LogP contribution in [0.25, 0.3) is 0 Å². The summed E-state index contributed by atoms with van der Waals surface area (Å²) in [6, 6.07) is 3.82. The van der Waals surface area contributed by atoms with Gasteiger partial charge in [-0.05, 0) is 11.6 Å². The number of hydrogen-bond acceptors (Lipinski definition) is 3. The van der Waals surface area contributed by atoms with E-state index in [4.69, 9.17) is 0 Å². The summed E-state index contributed by atoms with van der Waals surface area (Å²) in [5, 5.41) is 0. The summed E-state index contributed by atoms with van der Waals surface area (Å²) in [4.78, 5) is 17.8. The summed E-state index contributed by atoms with van der Waals surface area (Å²) >= 11 is 0. The van der Waals surface area contributed by atoms with Gasteiger partial charge in [0.2, 0.25) is 5.78 Å². The third-order valence-electron chi connectivity index (χ3n) is 2.19. The smallest absolute Gasteiger partial charge is 0.209 e. The van der Waals surface area contributed by atoms with E-state index in [2.05, 4.69) is 4.98 Å². The number of hydrogen-bond donors (Lipinski definition) is 0. The first-order valence-corrected chi connectivity index (χ1v) is 4.54. The Morgan fingerprint density at radius 2 is 2.29 bits per heavy atom. The molecule has 0 radical (unpaired) electrons. The largest absolute Gasteiger partial charge is 0.383 e. The summed E-state index contributed by atoms with van der Waals surface area (Å²) in [5.74, 6) is 0.0642. The summed E-state index contributed by atoms with van der Waals surface area (Å²) in [7, 11) is 3.83. The van der Waals surface area contributed by atoms with Gasteiger partial charge in [0, 0.05) is 38.5 Å². The number of pyridine rings is 1. The minimum absolute atomic E-state index is 0.0642. The third-order valence-corrected chi connectivity index (χ3v) is 2.19. The maximum absolute atomic E-state index is 11.8. The molecule has 72 valence electrons. The van der Waals surface area contributed by atoms with Gasteiger partial charge in [0.05, 0.1) is 0 Å². The van der Waals surface area contributed by atoms with Gasteiger partial charge in [-0.15, -0.1) is 0 Å². The first-order valence-electron chi connectivity index (χ1n) is 4.54. The van der Waals surface area contributed by atoms with E-state index < -0.39 is 0 Å². The number of ketones is 1. The molecule has 2 rings (SSSR count). The van der Waals surface area contributed by atoms with E-state index in [0.717, 1.165) is 11.1 Å². The van der Waals surface area contributed by atoms with E-state index in [-0.39, 0.29) is 5.78 Å². The number of allylic oxidation sites excluding steroid dienone is 1. The van der Waals surface area contributed by atoms with Crippen molar-refractivity contribution in [2.75, 3.05) is 14.1 Å². The fourth-order valence-corrected chi connectivity index (χ4v) is 1.64. The minimum atomic E-state index is 0.0642. The summed E-state index contributed by atoms with van der Waals surface area (Å²) in [6.07, 6.45) is 4.24. The SMILES string of the molecule is CN(C)/C=C1/Cc2cccnc2C1=O. The number of carbonyl (C=O) groups is 1. The highest BCUT2D eigenvalue weighted by molar-refractivity contribution is 6.11. The van der Waals surface area contributed by atoms with Crippen LogP contribution in [0.3, 0.4) is 0 Å². The molecular weight excluding hydrogens is 176 g/mol. The number of aromatic nitrogens is 1. The number of rotatable bonds is 1. The van der Waals surface area contributed by atoms with Gasteiger partial charge < -0.3 is 4.90 Å². The monoisotopic (exact) mass is 188 g/mol. The average Bonchev–Trinajstić information content (AvgIpc) is 2.44. The van der Waals surface area contributed by atoms with Gasteiger partial charge >= 0.3 is 0 Å². The van der Waals surface area contributed by atoms with Crippen LogP contribution < -0.4 is 0 Å². The van der Waals surface area contributed by atoms with Crippen LogP contribution >= 0.6 is 0 Å². The van der Waals surface area contributed by atoms with Crippen molar-refractivity contribution < 1.29 is 4.79 Å². The van der Waals surface area contributed by atoms with Gasteiger partial charge in [0.15, 0.2) is 0 Å². The maximum Gasteiger partial charge on any atom is 0.209 e. The molecule has 1 heterocycles. The van der Waals surface area contributed by atoms with Gasteiger partial charge in [0.1, 0.15) is 5.69 Å². The number of nitrogens with zero attached hydrogens (tertiary/aromatic N) is 2. The number of carbonyl (C=O) groups excluding carboxylic acids is 1. The molecule has 3 nitrogen and oxygen atoms in total. The fourth-order valence-electron chi connectivity index (χ4n) is 1.64. The molecule has 1 aliphatic rings. The molecule has 0 spiro atoms. The molecule has 1 aromatic heterocycles. The van der Waals surface area contributed by atoms with Gasteiger partial charge in [-0.2, -0.15) is 0 Å². The molecule has 0 unspecified atom stereocenters. The van der Waals surface area contributed by atoms with Crippen LogP contribution in [0.1, 0.15) is 16.1 Å². The lowest BCUT2D eigenvalue weighted by Crippen LogP contribution is -2.06. The zero-order valence-electron chi connectivity index (χ0n) is 8.32. The lowest BCUT2D eigenvalue weighted by Gasteiger charge is -2.05. The van der Waals surface area contributed by atoms with Crippen molar-refractivity contribution in [3.8, 4) is 0 Å². The van der Waals surface area contributed by atoms with E-state index >= 15 is 0 Å². The average molecular weight is 188 g/mol. The molecule has 0 fully saturated rings. The van der Waals surface area contributed by atoms with E-state index in [1.165, 1.54) is 0 Å². The van der Waals surface area contributed by atoms with E-state index in [1.807, 2.05) is 37.3 Å². The minimum Gasteiger partial charge on any atom is -0.383 e. The Morgan fingerprint density at radius 1 is 1.50 bits per heavy atom. The fraction of sp³-hybridized carbons (Fsp3) is 0.273. The molecule has 14 heavy (non-hydrogen) atoms. The summed E-state index contributed by atoms with van der Waals surface area (Å²) in [6.45, 7) is 0. The van der Waals surface area contributed by atoms with Crippen molar-refractivity contribution >= 4 is 5.78 Å². The van der Waals surface area contributed by atoms with Crippen LogP contribution in [-0.2, 0) is 6.42 Å². The second-order valence-corrected chi connectivity index (χ2v) is 3.63. The van der Waals surface area contributed by atoms with Crippen LogP contribution in [0.2, 0.25) is 0 Å². The Labute approximate surface area is 83.1 Å². The normalized spacial score (nSPS) is 17.3. The lowest BCUT2D eigenvalue weighted by atomic mass is 10.2. The van der Waals surface area contributed by atoms with Crippen molar-refractivity contribution in [1.29, 1.82) is 0 Å². The highest BCUT2D eigenvalue weighted by Crippen LogP contribution is 2.23. The zero-order valence-corrected chi connectivity index (χ0v) is 8.32. The van der Waals surface area contributed by atoms with Gasteiger partial charge in [-0.3, -0.25) is 9.78 Å². The van der Waals surface area contributed by atoms with Crippen LogP contribution in [0.15, 0.2) is 30.1 Å². The highest BCUT2D eigenvalue weighted by Gasteiger charge is 2.25. The van der Waals surface area contributed by atoms with Crippen molar-refractivity contribution in [2.45, 2.75) is 6.42 Å². The Morgan fingerprint density at radius 3 is 2.93 bits per heavy atom. The molecule has 3 heteroatoms. The van der Waals surface area contributed by atoms with Crippen molar-refractivity contribution in [3.05, 3.63) is 41.4 Å². The topological polar surface area (TPSA) is 33.2 Å². The van der Waals surface area contributed by atoms with Gasteiger partial charge in [-0.25, -0.2) is 0 Å². The van der Waals surface area contributed by atoms with Crippen molar-refractivity contribution in [3.63, 3.8) is 0 Å². The highest BCUT2D eigenvalue weighted by atomic mass is 16.1. The number of fused-ring (bicyclic) bond motifs is 1. The molecule has 0 N–H and O–H groups in total. The first-order chi connectivity index (χ1) is 6.68. The first kappa shape index (κ1) is 8.94. The maximum atomic E-state index is 11.8. The van der Waals surface area contributed by atoms with Crippen molar-refractivity contribution in [1.82, 2.24) is 9.88 Å². The Balaban J connectivity index is 2.39. The second kappa shape index (κ2) is 3.25. The van der Waals surface area contributed by atoms with Crippen molar-refractivity contribution in [2.24, 2.45) is 0 Å². The molecule has 0 saturated carbocycles. The second-order valence-electron chi connectivity index (χ2n) is 3.63. The Kier molecular flexibility index (Phi) is 2.08. The molecule has 0 aromatic carbocycles. The third kappa shape index (κ3) is 1.41. The van der Waals surface area contributed by atoms with Crippen LogP contribution in [0, 0.1) is 0 Å². The molecule has 0 saturated heterocycles. The van der Waals surface area contributed by atoms with Gasteiger partial charge in [-0.1, -0.05) is 6.07 Å². The standard InChI is InChI=1S/C11H12N2O/c1-13(2)7-9-6-8-4-3-5-12-10(8)11(9)14/h3-5,7H,6H2,1-2H3/b9-7-. The van der Waals surface area contributed by atoms with E-state index in [0.29, 0.717) is 12.1 Å². The molecule has 1 aliphatic carbocycles. The predicted octanol–water partition coefficient (Wildman–Crippen LogP) is 1.27. The van der Waals surface area contributed by atoms with E-state index in [9.17, 15) is 4.79 Å². The van der Waals surface area contributed by atoms with Crippen LogP contribution in [0.5, 0.6) is 0 Å². The quantitative estimate of drug-likeness (QED) is 0.622. The van der Waals surface area contributed by atoms with E-state index in [1.54, 1.807) is 6.20 Å². The Hall–Kier alpha value is -1.64. The van der Waals surface area contributed by atoms with Gasteiger partial charge in [0.25, 0.3) is 0 Å². The molecular formula is C11H12N2O. The zero-order chi connectivity index (χ0) is 10.1. The predicted molar refractivity (Wildman–Crippen MR) is 54.0 cm³/mol. The number of Topliss-reactive ketones (excluding diaryl/α,β-unsaturated/α-hetero) is 1. The summed E-state index contributed by atoms with van der Waals surface area (Å²) < 4.78 is 0. The van der Waals surface area contributed by atoms with Crippen LogP contribution in [-0.4, -0.2) is 29.8 Å². The molecule has 1 aromatic rings. The molecule has 0 bridgehead atoms. The molecule has 0 atom stereocenters. The Bertz CT molecular complexity index is 408. The molecule has 0 amide bonds. The lowest BCUT2D eigenvalue weighted by molar-refractivity contribution is 0.103. The summed E-state index contributed by atoms with van der Waals surface area (Å²) in [5.41, 5.74) is 2.47. The molecule has 0 aliphatic heterocycles.